The number of anilines is 2. The third-order valence-corrected chi connectivity index (χ3v) is 5.05. The maximum atomic E-state index is 12.9. The average molecular weight is 367 g/mol. The van der Waals surface area contributed by atoms with Crippen molar-refractivity contribution in [3.63, 3.8) is 0 Å². The number of hydrogen-bond donors (Lipinski definition) is 1. The van der Waals surface area contributed by atoms with Crippen LogP contribution in [0.3, 0.4) is 0 Å². The minimum atomic E-state index is 0.0465. The standard InChI is InChI=1S/C19H25N7O/c27-18(16-3-4-17(23-15-16)24-11-7-20-8-12-24)25-9-2-10-26(14-13-25)19-21-5-1-6-22-19/h1,3-6,15,20H,2,7-14H2. The fraction of sp³-hybridized carbons (Fsp3) is 0.474. The second kappa shape index (κ2) is 8.30. The van der Waals surface area contributed by atoms with Crippen molar-refractivity contribution in [3.8, 4) is 0 Å². The Balaban J connectivity index is 1.39. The molecule has 8 nitrogen and oxygen atoms in total. The Morgan fingerprint density at radius 3 is 2.44 bits per heavy atom. The van der Waals surface area contributed by atoms with Gasteiger partial charge >= 0.3 is 0 Å². The normalized spacial score (nSPS) is 18.3. The summed E-state index contributed by atoms with van der Waals surface area (Å²) in [5, 5.41) is 3.34. The molecule has 4 heterocycles. The number of nitrogens with one attached hydrogen (secondary N) is 1. The molecular weight excluding hydrogens is 342 g/mol. The number of nitrogens with zero attached hydrogens (tertiary/aromatic N) is 6. The van der Waals surface area contributed by atoms with Crippen LogP contribution in [0, 0.1) is 0 Å². The zero-order valence-corrected chi connectivity index (χ0v) is 15.4. The molecule has 2 aliphatic rings. The van der Waals surface area contributed by atoms with E-state index in [4.69, 9.17) is 0 Å². The molecule has 0 unspecified atom stereocenters. The first-order chi connectivity index (χ1) is 13.3. The summed E-state index contributed by atoms with van der Waals surface area (Å²) in [5.41, 5.74) is 0.651. The van der Waals surface area contributed by atoms with E-state index in [0.717, 1.165) is 64.0 Å². The van der Waals surface area contributed by atoms with E-state index in [9.17, 15) is 4.79 Å². The minimum absolute atomic E-state index is 0.0465. The molecule has 4 rings (SSSR count). The number of piperazine rings is 1. The van der Waals surface area contributed by atoms with Crippen molar-refractivity contribution in [1.82, 2.24) is 25.2 Å². The molecule has 2 fully saturated rings. The van der Waals surface area contributed by atoms with E-state index in [0.29, 0.717) is 12.1 Å². The van der Waals surface area contributed by atoms with Crippen molar-refractivity contribution in [2.24, 2.45) is 0 Å². The number of rotatable bonds is 3. The van der Waals surface area contributed by atoms with Crippen LogP contribution in [0.4, 0.5) is 11.8 Å². The maximum Gasteiger partial charge on any atom is 0.255 e. The van der Waals surface area contributed by atoms with Gasteiger partial charge in [-0.1, -0.05) is 0 Å². The molecule has 0 saturated carbocycles. The van der Waals surface area contributed by atoms with Crippen molar-refractivity contribution in [2.45, 2.75) is 6.42 Å². The largest absolute Gasteiger partial charge is 0.354 e. The fourth-order valence-corrected chi connectivity index (χ4v) is 3.55. The Morgan fingerprint density at radius 2 is 1.70 bits per heavy atom. The fourth-order valence-electron chi connectivity index (χ4n) is 3.55. The molecule has 2 saturated heterocycles. The SMILES string of the molecule is O=C(c1ccc(N2CCNCC2)nc1)N1CCCN(c2ncccn2)CC1. The van der Waals surface area contributed by atoms with Crippen molar-refractivity contribution in [2.75, 3.05) is 62.2 Å². The first-order valence-corrected chi connectivity index (χ1v) is 9.54. The molecule has 0 spiro atoms. The van der Waals surface area contributed by atoms with Crippen LogP contribution in [0.5, 0.6) is 0 Å². The van der Waals surface area contributed by atoms with Crippen LogP contribution >= 0.6 is 0 Å². The predicted molar refractivity (Wildman–Crippen MR) is 104 cm³/mol. The Labute approximate surface area is 159 Å². The number of carbonyl (C=O) groups is 1. The first kappa shape index (κ1) is 17.7. The smallest absolute Gasteiger partial charge is 0.255 e. The summed E-state index contributed by atoms with van der Waals surface area (Å²) in [6.45, 7) is 6.83. The van der Waals surface area contributed by atoms with Gasteiger partial charge in [0.1, 0.15) is 5.82 Å². The summed E-state index contributed by atoms with van der Waals surface area (Å²) >= 11 is 0. The third-order valence-electron chi connectivity index (χ3n) is 5.05. The topological polar surface area (TPSA) is 77.5 Å². The number of carbonyl (C=O) groups excluding carboxylic acids is 1. The highest BCUT2D eigenvalue weighted by Gasteiger charge is 2.22. The highest BCUT2D eigenvalue weighted by molar-refractivity contribution is 5.94. The van der Waals surface area contributed by atoms with Crippen LogP contribution in [-0.4, -0.2) is 78.1 Å². The van der Waals surface area contributed by atoms with E-state index >= 15 is 0 Å². The molecular formula is C19H25N7O. The summed E-state index contributed by atoms with van der Waals surface area (Å²) in [7, 11) is 0. The zero-order valence-electron chi connectivity index (χ0n) is 15.4. The lowest BCUT2D eigenvalue weighted by atomic mass is 10.2. The lowest BCUT2D eigenvalue weighted by molar-refractivity contribution is 0.0766. The average Bonchev–Trinajstić information content (AvgIpc) is 3.01. The summed E-state index contributed by atoms with van der Waals surface area (Å²) in [4.78, 5) is 32.3. The van der Waals surface area contributed by atoms with E-state index in [1.807, 2.05) is 23.1 Å². The predicted octanol–water partition coefficient (Wildman–Crippen LogP) is 0.634. The van der Waals surface area contributed by atoms with Crippen molar-refractivity contribution in [3.05, 3.63) is 42.4 Å². The van der Waals surface area contributed by atoms with Crippen molar-refractivity contribution >= 4 is 17.7 Å². The molecule has 142 valence electrons. The zero-order chi connectivity index (χ0) is 18.5. The van der Waals surface area contributed by atoms with Gasteiger partial charge in [-0.3, -0.25) is 4.79 Å². The van der Waals surface area contributed by atoms with Gasteiger partial charge < -0.3 is 20.0 Å². The summed E-state index contributed by atoms with van der Waals surface area (Å²) in [6, 6.07) is 5.67. The van der Waals surface area contributed by atoms with E-state index in [-0.39, 0.29) is 5.91 Å². The highest BCUT2D eigenvalue weighted by Crippen LogP contribution is 2.15. The van der Waals surface area contributed by atoms with Crippen LogP contribution < -0.4 is 15.1 Å². The van der Waals surface area contributed by atoms with Gasteiger partial charge in [-0.2, -0.15) is 0 Å². The molecule has 0 radical (unpaired) electrons. The second-order valence-electron chi connectivity index (χ2n) is 6.82. The van der Waals surface area contributed by atoms with Gasteiger partial charge in [0, 0.05) is 70.9 Å². The Bertz CT molecular complexity index is 746. The summed E-state index contributed by atoms with van der Waals surface area (Å²) < 4.78 is 0. The van der Waals surface area contributed by atoms with Crippen molar-refractivity contribution in [1.29, 1.82) is 0 Å². The number of amides is 1. The van der Waals surface area contributed by atoms with Gasteiger partial charge in [-0.15, -0.1) is 0 Å². The summed E-state index contributed by atoms with van der Waals surface area (Å²) in [5.74, 6) is 1.72. The molecule has 1 amide bonds. The quantitative estimate of drug-likeness (QED) is 0.853. The monoisotopic (exact) mass is 367 g/mol. The van der Waals surface area contributed by atoms with E-state index < -0.39 is 0 Å². The van der Waals surface area contributed by atoms with Gasteiger partial charge in [0.05, 0.1) is 5.56 Å². The number of pyridine rings is 1. The lowest BCUT2D eigenvalue weighted by Crippen LogP contribution is -2.43. The Kier molecular flexibility index (Phi) is 5.43. The van der Waals surface area contributed by atoms with Gasteiger partial charge in [-0.05, 0) is 24.6 Å². The van der Waals surface area contributed by atoms with Crippen LogP contribution in [0.15, 0.2) is 36.8 Å². The second-order valence-corrected chi connectivity index (χ2v) is 6.82. The summed E-state index contributed by atoms with van der Waals surface area (Å²) in [6.07, 6.45) is 6.11. The van der Waals surface area contributed by atoms with E-state index in [1.54, 1.807) is 18.6 Å². The van der Waals surface area contributed by atoms with Gasteiger partial charge in [0.2, 0.25) is 5.95 Å². The Hall–Kier alpha value is -2.74. The molecule has 0 atom stereocenters. The molecule has 0 bridgehead atoms. The maximum absolute atomic E-state index is 12.9. The molecule has 0 aliphatic carbocycles. The highest BCUT2D eigenvalue weighted by atomic mass is 16.2. The molecule has 27 heavy (non-hydrogen) atoms. The van der Waals surface area contributed by atoms with Gasteiger partial charge in [-0.25, -0.2) is 15.0 Å². The van der Waals surface area contributed by atoms with Crippen LogP contribution in [0.25, 0.3) is 0 Å². The molecule has 2 aromatic rings. The number of hydrogen-bond acceptors (Lipinski definition) is 7. The van der Waals surface area contributed by atoms with Gasteiger partial charge in [0.15, 0.2) is 0 Å². The molecule has 1 N–H and O–H groups in total. The third kappa shape index (κ3) is 4.16. The molecule has 2 aromatic heterocycles. The van der Waals surface area contributed by atoms with Crippen LogP contribution in [-0.2, 0) is 0 Å². The van der Waals surface area contributed by atoms with Crippen LogP contribution in [0.2, 0.25) is 0 Å². The van der Waals surface area contributed by atoms with Crippen molar-refractivity contribution < 1.29 is 4.79 Å². The lowest BCUT2D eigenvalue weighted by Gasteiger charge is -2.28. The number of aromatic nitrogens is 3. The minimum Gasteiger partial charge on any atom is -0.354 e. The first-order valence-electron chi connectivity index (χ1n) is 9.54. The van der Waals surface area contributed by atoms with Gasteiger partial charge in [0.25, 0.3) is 5.91 Å². The molecule has 0 aromatic carbocycles. The molecule has 8 heteroatoms. The van der Waals surface area contributed by atoms with E-state index in [1.165, 1.54) is 0 Å². The van der Waals surface area contributed by atoms with Crippen LogP contribution in [0.1, 0.15) is 16.8 Å². The molecule has 2 aliphatic heterocycles. The Morgan fingerprint density at radius 1 is 0.889 bits per heavy atom. The van der Waals surface area contributed by atoms with E-state index in [2.05, 4.69) is 30.1 Å².